The van der Waals surface area contributed by atoms with Crippen molar-refractivity contribution in [1.29, 1.82) is 0 Å². The third-order valence-corrected chi connectivity index (χ3v) is 6.40. The van der Waals surface area contributed by atoms with Crippen LogP contribution in [0.3, 0.4) is 0 Å². The van der Waals surface area contributed by atoms with Crippen molar-refractivity contribution < 1.29 is 38.5 Å². The average Bonchev–Trinajstić information content (AvgIpc) is 3.53. The molecule has 196 valence electrons. The van der Waals surface area contributed by atoms with Gasteiger partial charge in [0.15, 0.2) is 11.5 Å². The Hall–Kier alpha value is -3.89. The molecule has 2 heterocycles. The largest absolute Gasteiger partial charge is 0.493 e. The van der Waals surface area contributed by atoms with E-state index in [1.165, 1.54) is 36.7 Å². The second-order valence-corrected chi connectivity index (χ2v) is 9.22. The number of allylic oxidation sites excluding steroid dienone is 1. The van der Waals surface area contributed by atoms with Crippen molar-refractivity contribution in [3.05, 3.63) is 70.7 Å². The van der Waals surface area contributed by atoms with Gasteiger partial charge in [0.2, 0.25) is 11.8 Å². The number of fused-ring (bicyclic) bond motifs is 3. The van der Waals surface area contributed by atoms with Gasteiger partial charge < -0.3 is 34.3 Å². The van der Waals surface area contributed by atoms with Crippen LogP contribution in [0.5, 0.6) is 11.5 Å². The number of aliphatic hydroxyl groups excluding tert-OH is 2. The van der Waals surface area contributed by atoms with E-state index in [0.29, 0.717) is 34.5 Å². The van der Waals surface area contributed by atoms with Gasteiger partial charge in [0.1, 0.15) is 18.5 Å². The Morgan fingerprint density at radius 3 is 2.68 bits per heavy atom. The van der Waals surface area contributed by atoms with Gasteiger partial charge in [-0.05, 0) is 38.1 Å². The number of hydrogen-bond acceptors (Lipinski definition) is 8. The molecule has 0 saturated heterocycles. The first kappa shape index (κ1) is 26.2. The lowest BCUT2D eigenvalue weighted by Gasteiger charge is -2.40. The van der Waals surface area contributed by atoms with Gasteiger partial charge in [-0.15, -0.1) is 0 Å². The summed E-state index contributed by atoms with van der Waals surface area (Å²) < 4.78 is 16.8. The zero-order valence-corrected chi connectivity index (χ0v) is 20.8. The van der Waals surface area contributed by atoms with Gasteiger partial charge in [0.25, 0.3) is 0 Å². The molecule has 2 aliphatic rings. The first-order valence-corrected chi connectivity index (χ1v) is 11.9. The summed E-state index contributed by atoms with van der Waals surface area (Å²) in [5, 5.41) is 23.5. The van der Waals surface area contributed by atoms with Crippen molar-refractivity contribution in [2.45, 2.75) is 44.6 Å². The maximum absolute atomic E-state index is 13.3. The van der Waals surface area contributed by atoms with Crippen molar-refractivity contribution in [2.75, 3.05) is 20.3 Å². The summed E-state index contributed by atoms with van der Waals surface area (Å²) in [6.07, 6.45) is 4.52. The summed E-state index contributed by atoms with van der Waals surface area (Å²) in [6.45, 7) is 3.45. The molecular formula is C27H30N2O8. The van der Waals surface area contributed by atoms with Crippen molar-refractivity contribution in [3.8, 4) is 11.5 Å². The number of methoxy groups -OCH3 is 1. The van der Waals surface area contributed by atoms with Gasteiger partial charge in [-0.25, -0.2) is 0 Å². The van der Waals surface area contributed by atoms with Gasteiger partial charge in [-0.1, -0.05) is 5.57 Å². The normalized spacial score (nSPS) is 21.6. The fourth-order valence-electron chi connectivity index (χ4n) is 4.80. The summed E-state index contributed by atoms with van der Waals surface area (Å²) in [4.78, 5) is 39.7. The van der Waals surface area contributed by atoms with E-state index in [-0.39, 0.29) is 31.2 Å². The molecule has 0 bridgehead atoms. The molecule has 2 aromatic rings. The number of benzene rings is 1. The molecule has 10 heteroatoms. The molecule has 10 nitrogen and oxygen atoms in total. The molecular weight excluding hydrogens is 480 g/mol. The highest BCUT2D eigenvalue weighted by Crippen LogP contribution is 2.51. The molecule has 0 radical (unpaired) electrons. The lowest BCUT2D eigenvalue weighted by molar-refractivity contribution is -0.133. The lowest BCUT2D eigenvalue weighted by Crippen LogP contribution is -2.55. The van der Waals surface area contributed by atoms with E-state index in [2.05, 4.69) is 5.32 Å². The molecule has 2 amide bonds. The highest BCUT2D eigenvalue weighted by atomic mass is 16.5. The molecule has 0 saturated carbocycles. The lowest BCUT2D eigenvalue weighted by atomic mass is 9.77. The van der Waals surface area contributed by atoms with Gasteiger partial charge in [-0.2, -0.15) is 0 Å². The van der Waals surface area contributed by atoms with E-state index in [0.717, 1.165) is 5.57 Å². The number of aliphatic hydroxyl groups is 2. The Kier molecular flexibility index (Phi) is 7.80. The van der Waals surface area contributed by atoms with E-state index in [4.69, 9.17) is 13.9 Å². The fraction of sp³-hybridized carbons (Fsp3) is 0.370. The number of carbonyl (C=O) groups is 3. The maximum atomic E-state index is 13.3. The first-order valence-electron chi connectivity index (χ1n) is 11.9. The molecule has 0 unspecified atom stereocenters. The Morgan fingerprint density at radius 1 is 1.27 bits per heavy atom. The number of ether oxygens (including phenoxy) is 2. The number of carbonyl (C=O) groups excluding carboxylic acids is 3. The molecule has 1 aromatic carbocycles. The monoisotopic (exact) mass is 510 g/mol. The molecule has 4 atom stereocenters. The Balaban J connectivity index is 1.84. The maximum Gasteiger partial charge on any atom is 0.247 e. The molecule has 1 aliphatic heterocycles. The molecule has 4 rings (SSSR count). The number of rotatable bonds is 9. The molecule has 3 N–H and O–H groups in total. The summed E-state index contributed by atoms with van der Waals surface area (Å²) in [5.41, 5.74) is 2.57. The van der Waals surface area contributed by atoms with Crippen LogP contribution in [0.25, 0.3) is 0 Å². The fourth-order valence-corrected chi connectivity index (χ4v) is 4.80. The van der Waals surface area contributed by atoms with Crippen LogP contribution in [-0.4, -0.2) is 71.7 Å². The zero-order valence-electron chi connectivity index (χ0n) is 20.8. The molecule has 1 aliphatic carbocycles. The van der Waals surface area contributed by atoms with Crippen molar-refractivity contribution in [3.63, 3.8) is 0 Å². The number of aldehydes is 1. The standard InChI is InChI=1S/C27H30N2O8/c1-15(2)8-22(32)29(12-16-4-7-36-14-16)20-11-19(27(34)28-5-6-30)23-18-9-17(13-31)10-21(35-3)25(18)37-26(23)24(20)33/h4,7-11,13-14,20,23-24,26,30,33H,5-6,12H2,1-3H3,(H,28,34)/t20-,23+,24+,26+/m1/s1. The molecule has 37 heavy (non-hydrogen) atoms. The summed E-state index contributed by atoms with van der Waals surface area (Å²) in [6, 6.07) is 3.91. The molecule has 0 fully saturated rings. The van der Waals surface area contributed by atoms with Crippen LogP contribution in [0.15, 0.2) is 58.4 Å². The van der Waals surface area contributed by atoms with Crippen molar-refractivity contribution in [1.82, 2.24) is 10.2 Å². The quantitative estimate of drug-likeness (QED) is 0.342. The van der Waals surface area contributed by atoms with Crippen LogP contribution in [0.4, 0.5) is 0 Å². The summed E-state index contributed by atoms with van der Waals surface area (Å²) in [7, 11) is 1.43. The third kappa shape index (κ3) is 5.16. The van der Waals surface area contributed by atoms with E-state index >= 15 is 0 Å². The molecule has 1 aromatic heterocycles. The SMILES string of the molecule is COc1cc(C=O)cc2c1O[C@@H]1[C@@H](O)[C@H](N(Cc3ccoc3)C(=O)C=C(C)C)C=C(C(=O)NCCO)[C@H]21. The smallest absolute Gasteiger partial charge is 0.247 e. The summed E-state index contributed by atoms with van der Waals surface area (Å²) in [5.74, 6) is -0.954. The van der Waals surface area contributed by atoms with E-state index in [1.54, 1.807) is 32.1 Å². The minimum absolute atomic E-state index is 0.0155. The number of nitrogens with one attached hydrogen (secondary N) is 1. The van der Waals surface area contributed by atoms with Gasteiger partial charge in [-0.3, -0.25) is 14.4 Å². The van der Waals surface area contributed by atoms with E-state index in [1.807, 2.05) is 0 Å². The predicted octanol–water partition coefficient (Wildman–Crippen LogP) is 1.72. The Bertz CT molecular complexity index is 1230. The number of furan rings is 1. The highest BCUT2D eigenvalue weighted by Gasteiger charge is 2.51. The van der Waals surface area contributed by atoms with Crippen molar-refractivity contribution >= 4 is 18.1 Å². The Morgan fingerprint density at radius 2 is 2.05 bits per heavy atom. The van der Waals surface area contributed by atoms with Crippen LogP contribution in [0, 0.1) is 0 Å². The van der Waals surface area contributed by atoms with Gasteiger partial charge >= 0.3 is 0 Å². The number of amides is 2. The number of nitrogens with zero attached hydrogens (tertiary/aromatic N) is 1. The minimum atomic E-state index is -1.22. The topological polar surface area (TPSA) is 139 Å². The second-order valence-electron chi connectivity index (χ2n) is 9.22. The van der Waals surface area contributed by atoms with Crippen LogP contribution in [0.2, 0.25) is 0 Å². The van der Waals surface area contributed by atoms with Crippen LogP contribution >= 0.6 is 0 Å². The highest BCUT2D eigenvalue weighted by molar-refractivity contribution is 5.97. The van der Waals surface area contributed by atoms with Gasteiger partial charge in [0.05, 0.1) is 38.2 Å². The molecule has 0 spiro atoms. The van der Waals surface area contributed by atoms with Crippen LogP contribution < -0.4 is 14.8 Å². The predicted molar refractivity (Wildman–Crippen MR) is 132 cm³/mol. The van der Waals surface area contributed by atoms with Crippen molar-refractivity contribution in [2.24, 2.45) is 0 Å². The third-order valence-electron chi connectivity index (χ3n) is 6.40. The first-order chi connectivity index (χ1) is 17.8. The number of hydrogen-bond donors (Lipinski definition) is 3. The van der Waals surface area contributed by atoms with E-state index in [9.17, 15) is 24.6 Å². The zero-order chi connectivity index (χ0) is 26.7. The second kappa shape index (κ2) is 11.0. The Labute approximate surface area is 214 Å². The van der Waals surface area contributed by atoms with Crippen LogP contribution in [0.1, 0.15) is 41.3 Å². The average molecular weight is 511 g/mol. The minimum Gasteiger partial charge on any atom is -0.493 e. The summed E-state index contributed by atoms with van der Waals surface area (Å²) >= 11 is 0. The van der Waals surface area contributed by atoms with Crippen LogP contribution in [-0.2, 0) is 16.1 Å². The van der Waals surface area contributed by atoms with E-state index < -0.39 is 30.1 Å². The van der Waals surface area contributed by atoms with Gasteiger partial charge in [0, 0.05) is 41.4 Å².